The number of nitrogens with zero attached hydrogens (tertiary/aromatic N) is 5. The molecular formula is C13H15N5O4S. The van der Waals surface area contributed by atoms with Crippen molar-refractivity contribution in [1.29, 1.82) is 0 Å². The summed E-state index contributed by atoms with van der Waals surface area (Å²) in [7, 11) is -3.71. The standard InChI is InChI=1S/C13H15N5O4S/c1-9-6-17(7-12(9)13(19)20)23(21,22)11-4-2-10(3-5-11)18-8-14-15-16-18/h2-5,8-9,12H,6-7H2,1H3,(H,19,20)/t9-,12-/m1/s1. The quantitative estimate of drug-likeness (QED) is 0.834. The van der Waals surface area contributed by atoms with Gasteiger partial charge in [-0.1, -0.05) is 6.92 Å². The van der Waals surface area contributed by atoms with E-state index in [1.165, 1.54) is 27.4 Å². The maximum atomic E-state index is 12.6. The minimum atomic E-state index is -3.71. The van der Waals surface area contributed by atoms with Crippen LogP contribution in [0, 0.1) is 11.8 Å². The van der Waals surface area contributed by atoms with E-state index >= 15 is 0 Å². The molecule has 2 aromatic rings. The summed E-state index contributed by atoms with van der Waals surface area (Å²) in [4.78, 5) is 11.3. The molecule has 3 rings (SSSR count). The summed E-state index contributed by atoms with van der Waals surface area (Å²) in [6.45, 7) is 1.94. The molecule has 0 bridgehead atoms. The van der Waals surface area contributed by atoms with Gasteiger partial charge in [-0.3, -0.25) is 4.79 Å². The lowest BCUT2D eigenvalue weighted by Gasteiger charge is -2.16. The minimum absolute atomic E-state index is 0.00637. The van der Waals surface area contributed by atoms with Crippen molar-refractivity contribution in [2.24, 2.45) is 11.8 Å². The fourth-order valence-electron chi connectivity index (χ4n) is 2.64. The highest BCUT2D eigenvalue weighted by Gasteiger charge is 2.40. The third kappa shape index (κ3) is 2.82. The first kappa shape index (κ1) is 15.6. The summed E-state index contributed by atoms with van der Waals surface area (Å²) in [5.41, 5.74) is 0.632. The maximum Gasteiger partial charge on any atom is 0.308 e. The molecule has 2 heterocycles. The summed E-state index contributed by atoms with van der Waals surface area (Å²) in [6.07, 6.45) is 1.41. The van der Waals surface area contributed by atoms with E-state index in [0.29, 0.717) is 5.69 Å². The summed E-state index contributed by atoms with van der Waals surface area (Å²) in [5.74, 6) is -1.86. The second-order valence-corrected chi connectivity index (χ2v) is 7.43. The number of aliphatic carboxylic acids is 1. The molecule has 1 N–H and O–H groups in total. The Kier molecular flexibility index (Phi) is 3.86. The van der Waals surface area contributed by atoms with Crippen molar-refractivity contribution < 1.29 is 18.3 Å². The number of aromatic nitrogens is 4. The van der Waals surface area contributed by atoms with Gasteiger partial charge in [0.15, 0.2) is 0 Å². The molecule has 122 valence electrons. The summed E-state index contributed by atoms with van der Waals surface area (Å²) >= 11 is 0. The molecule has 0 spiro atoms. The van der Waals surface area contributed by atoms with Crippen LogP contribution in [0.15, 0.2) is 35.5 Å². The summed E-state index contributed by atoms with van der Waals surface area (Å²) in [5, 5.41) is 19.9. The fraction of sp³-hybridized carbons (Fsp3) is 0.385. The zero-order valence-electron chi connectivity index (χ0n) is 12.3. The molecule has 0 amide bonds. The first-order valence-electron chi connectivity index (χ1n) is 6.96. The van der Waals surface area contributed by atoms with Crippen LogP contribution >= 0.6 is 0 Å². The van der Waals surface area contributed by atoms with Gasteiger partial charge in [0, 0.05) is 13.1 Å². The van der Waals surface area contributed by atoms with Gasteiger partial charge >= 0.3 is 5.97 Å². The Labute approximate surface area is 132 Å². The number of carboxylic acid groups (broad SMARTS) is 1. The van der Waals surface area contributed by atoms with Crippen molar-refractivity contribution >= 4 is 16.0 Å². The molecule has 1 aromatic carbocycles. The largest absolute Gasteiger partial charge is 0.481 e. The van der Waals surface area contributed by atoms with Crippen LogP contribution in [0.4, 0.5) is 0 Å². The van der Waals surface area contributed by atoms with E-state index in [0.717, 1.165) is 0 Å². The average molecular weight is 337 g/mol. The predicted molar refractivity (Wildman–Crippen MR) is 78.2 cm³/mol. The Balaban J connectivity index is 1.84. The molecule has 1 aliphatic rings. The van der Waals surface area contributed by atoms with Crippen LogP contribution in [0.1, 0.15) is 6.92 Å². The van der Waals surface area contributed by atoms with Crippen molar-refractivity contribution in [3.05, 3.63) is 30.6 Å². The van der Waals surface area contributed by atoms with Crippen molar-refractivity contribution in [3.63, 3.8) is 0 Å². The van der Waals surface area contributed by atoms with Gasteiger partial charge in [0.05, 0.1) is 16.5 Å². The van der Waals surface area contributed by atoms with Crippen LogP contribution in [0.3, 0.4) is 0 Å². The first-order chi connectivity index (χ1) is 10.9. The Morgan fingerprint density at radius 3 is 2.48 bits per heavy atom. The van der Waals surface area contributed by atoms with Gasteiger partial charge < -0.3 is 5.11 Å². The highest BCUT2D eigenvalue weighted by molar-refractivity contribution is 7.89. The van der Waals surface area contributed by atoms with Gasteiger partial charge in [-0.15, -0.1) is 5.10 Å². The number of carbonyl (C=O) groups is 1. The molecule has 1 fully saturated rings. The van der Waals surface area contributed by atoms with E-state index in [2.05, 4.69) is 15.5 Å². The van der Waals surface area contributed by atoms with E-state index in [9.17, 15) is 13.2 Å². The SMILES string of the molecule is C[C@@H]1CN(S(=O)(=O)c2ccc(-n3cnnn3)cc2)C[C@H]1C(=O)O. The molecule has 0 aliphatic carbocycles. The summed E-state index contributed by atoms with van der Waals surface area (Å²) < 4.78 is 27.9. The smallest absolute Gasteiger partial charge is 0.308 e. The molecule has 1 saturated heterocycles. The van der Waals surface area contributed by atoms with Crippen molar-refractivity contribution in [2.75, 3.05) is 13.1 Å². The maximum absolute atomic E-state index is 12.6. The lowest BCUT2D eigenvalue weighted by molar-refractivity contribution is -0.142. The zero-order valence-corrected chi connectivity index (χ0v) is 13.1. The Bertz CT molecular complexity index is 803. The number of hydrogen-bond acceptors (Lipinski definition) is 6. The van der Waals surface area contributed by atoms with Crippen LogP contribution < -0.4 is 0 Å². The topological polar surface area (TPSA) is 118 Å². The monoisotopic (exact) mass is 337 g/mol. The predicted octanol–water partition coefficient (Wildman–Crippen LogP) is 0.00350. The van der Waals surface area contributed by atoms with Gasteiger partial charge in [0.2, 0.25) is 10.0 Å². The van der Waals surface area contributed by atoms with Crippen LogP contribution in [-0.4, -0.2) is 57.1 Å². The van der Waals surface area contributed by atoms with E-state index in [1.807, 2.05) is 0 Å². The molecule has 1 aliphatic heterocycles. The van der Waals surface area contributed by atoms with E-state index in [1.54, 1.807) is 19.1 Å². The van der Waals surface area contributed by atoms with Gasteiger partial charge in [-0.25, -0.2) is 13.1 Å². The summed E-state index contributed by atoms with van der Waals surface area (Å²) in [6, 6.07) is 6.12. The number of carboxylic acids is 1. The lowest BCUT2D eigenvalue weighted by Crippen LogP contribution is -2.30. The zero-order chi connectivity index (χ0) is 16.6. The number of benzene rings is 1. The fourth-order valence-corrected chi connectivity index (χ4v) is 4.21. The Hall–Kier alpha value is -2.33. The van der Waals surface area contributed by atoms with Gasteiger partial charge in [-0.2, -0.15) is 4.31 Å². The highest BCUT2D eigenvalue weighted by atomic mass is 32.2. The molecule has 23 heavy (non-hydrogen) atoms. The normalized spacial score (nSPS) is 22.3. The molecular weight excluding hydrogens is 322 g/mol. The molecule has 10 heteroatoms. The third-order valence-corrected chi connectivity index (χ3v) is 5.83. The lowest BCUT2D eigenvalue weighted by atomic mass is 9.99. The van der Waals surface area contributed by atoms with Crippen LogP contribution in [0.5, 0.6) is 0 Å². The average Bonchev–Trinajstić information content (AvgIpc) is 3.16. The Morgan fingerprint density at radius 1 is 1.26 bits per heavy atom. The minimum Gasteiger partial charge on any atom is -0.481 e. The van der Waals surface area contributed by atoms with Crippen molar-refractivity contribution in [2.45, 2.75) is 11.8 Å². The number of sulfonamides is 1. The van der Waals surface area contributed by atoms with Gasteiger partial charge in [0.1, 0.15) is 6.33 Å². The van der Waals surface area contributed by atoms with Crippen LogP contribution in [0.2, 0.25) is 0 Å². The molecule has 9 nitrogen and oxygen atoms in total. The van der Waals surface area contributed by atoms with Gasteiger partial charge in [-0.05, 0) is 40.6 Å². The van der Waals surface area contributed by atoms with E-state index in [-0.39, 0.29) is 23.9 Å². The van der Waals surface area contributed by atoms with Gasteiger partial charge in [0.25, 0.3) is 0 Å². The number of tetrazole rings is 1. The first-order valence-corrected chi connectivity index (χ1v) is 8.40. The second kappa shape index (κ2) is 5.70. The number of rotatable bonds is 4. The van der Waals surface area contributed by atoms with Crippen LogP contribution in [0.25, 0.3) is 5.69 Å². The second-order valence-electron chi connectivity index (χ2n) is 5.49. The molecule has 0 saturated carbocycles. The van der Waals surface area contributed by atoms with Crippen molar-refractivity contribution in [3.8, 4) is 5.69 Å². The molecule has 1 aromatic heterocycles. The number of hydrogen-bond donors (Lipinski definition) is 1. The van der Waals surface area contributed by atoms with E-state index in [4.69, 9.17) is 5.11 Å². The van der Waals surface area contributed by atoms with Crippen molar-refractivity contribution in [1.82, 2.24) is 24.5 Å². The molecule has 2 atom stereocenters. The Morgan fingerprint density at radius 2 is 1.96 bits per heavy atom. The molecule has 0 radical (unpaired) electrons. The molecule has 0 unspecified atom stereocenters. The van der Waals surface area contributed by atoms with Crippen LogP contribution in [-0.2, 0) is 14.8 Å². The third-order valence-electron chi connectivity index (χ3n) is 3.98. The van der Waals surface area contributed by atoms with E-state index < -0.39 is 21.9 Å². The highest BCUT2D eigenvalue weighted by Crippen LogP contribution is 2.28.